The van der Waals surface area contributed by atoms with Gasteiger partial charge in [-0.15, -0.1) is 0 Å². The lowest BCUT2D eigenvalue weighted by molar-refractivity contribution is -0.00642. The molecule has 70 valence electrons. The van der Waals surface area contributed by atoms with Crippen LogP contribution in [0.5, 0.6) is 0 Å². The third kappa shape index (κ3) is 2.78. The number of hydrogen-bond acceptors (Lipinski definition) is 3. The van der Waals surface area contributed by atoms with E-state index in [0.717, 1.165) is 6.54 Å². The molecule has 1 heterocycles. The molecule has 5 heteroatoms. The molecule has 0 aromatic carbocycles. The van der Waals surface area contributed by atoms with Gasteiger partial charge in [-0.2, -0.15) is 0 Å². The smallest absolute Gasteiger partial charge is 0.424 e. The summed E-state index contributed by atoms with van der Waals surface area (Å²) >= 11 is 2.22. The Morgan fingerprint density at radius 3 is 2.50 bits per heavy atom. The maximum Gasteiger partial charge on any atom is 0.424 e. The van der Waals surface area contributed by atoms with Crippen molar-refractivity contribution in [2.75, 3.05) is 6.54 Å². The lowest BCUT2D eigenvalue weighted by atomic mass is 10.2. The van der Waals surface area contributed by atoms with E-state index in [1.54, 1.807) is 0 Å². The molecule has 0 saturated carbocycles. The average Bonchev–Trinajstić information content (AvgIpc) is 1.76. The normalized spacial score (nSPS) is 23.3. The minimum atomic E-state index is -0.408. The van der Waals surface area contributed by atoms with E-state index in [4.69, 9.17) is 4.74 Å². The molecule has 1 saturated heterocycles. The summed E-state index contributed by atoms with van der Waals surface area (Å²) in [5.41, 5.74) is 2.50. The van der Waals surface area contributed by atoms with Gasteiger partial charge in [0, 0.05) is 0 Å². The van der Waals surface area contributed by atoms with E-state index < -0.39 is 5.60 Å². The Kier molecular flexibility index (Phi) is 2.82. The average molecular weight is 284 g/mol. The largest absolute Gasteiger partial charge is 0.443 e. The fraction of sp³-hybridized carbons (Fsp3) is 0.857. The summed E-state index contributed by atoms with van der Waals surface area (Å²) in [5, 5.41) is 1.47. The molecule has 12 heavy (non-hydrogen) atoms. The molecule has 0 aromatic rings. The van der Waals surface area contributed by atoms with Crippen LogP contribution in [-0.2, 0) is 4.74 Å². The van der Waals surface area contributed by atoms with E-state index in [0.29, 0.717) is 4.05 Å². The molecule has 0 bridgehead atoms. The Hall–Kier alpha value is -0.0400. The predicted molar refractivity (Wildman–Crippen MR) is 53.9 cm³/mol. The van der Waals surface area contributed by atoms with Gasteiger partial charge in [-0.3, -0.25) is 0 Å². The number of nitrogens with one attached hydrogen (secondary N) is 1. The SMILES string of the molecule is CC(C)(C)OC(=O)N1CC(I)N1. The summed E-state index contributed by atoms with van der Waals surface area (Å²) in [7, 11) is 0. The Morgan fingerprint density at radius 2 is 2.17 bits per heavy atom. The fourth-order valence-corrected chi connectivity index (χ4v) is 1.48. The topological polar surface area (TPSA) is 41.6 Å². The van der Waals surface area contributed by atoms with Crippen molar-refractivity contribution in [3.63, 3.8) is 0 Å². The summed E-state index contributed by atoms with van der Waals surface area (Å²) in [6.07, 6.45) is -0.296. The van der Waals surface area contributed by atoms with Gasteiger partial charge in [0.15, 0.2) is 0 Å². The van der Waals surface area contributed by atoms with Crippen molar-refractivity contribution < 1.29 is 9.53 Å². The number of halogens is 1. The highest BCUT2D eigenvalue weighted by Crippen LogP contribution is 2.15. The van der Waals surface area contributed by atoms with Gasteiger partial charge in [-0.25, -0.2) is 15.2 Å². The third-order valence-electron chi connectivity index (χ3n) is 1.25. The van der Waals surface area contributed by atoms with Crippen molar-refractivity contribution in [3.05, 3.63) is 0 Å². The first kappa shape index (κ1) is 10.0. The van der Waals surface area contributed by atoms with E-state index in [1.807, 2.05) is 20.8 Å². The zero-order valence-corrected chi connectivity index (χ0v) is 9.58. The van der Waals surface area contributed by atoms with E-state index in [-0.39, 0.29) is 6.09 Å². The van der Waals surface area contributed by atoms with Gasteiger partial charge in [0.25, 0.3) is 0 Å². The predicted octanol–water partition coefficient (Wildman–Crippen LogP) is 1.50. The van der Waals surface area contributed by atoms with Gasteiger partial charge < -0.3 is 4.74 Å². The first-order chi connectivity index (χ1) is 5.38. The van der Waals surface area contributed by atoms with E-state index in [1.165, 1.54) is 5.01 Å². The number of nitrogens with zero attached hydrogens (tertiary/aromatic N) is 1. The standard InChI is InChI=1S/C7H13IN2O2/c1-7(2,3)12-6(11)10-4-5(8)9-10/h5,9H,4H2,1-3H3. The number of carbonyl (C=O) groups excluding carboxylic acids is 1. The van der Waals surface area contributed by atoms with Gasteiger partial charge in [0.1, 0.15) is 5.60 Å². The molecule has 0 aliphatic carbocycles. The minimum Gasteiger partial charge on any atom is -0.443 e. The van der Waals surface area contributed by atoms with Crippen molar-refractivity contribution in [3.8, 4) is 0 Å². The second kappa shape index (κ2) is 3.37. The van der Waals surface area contributed by atoms with Gasteiger partial charge in [0.2, 0.25) is 0 Å². The number of rotatable bonds is 0. The van der Waals surface area contributed by atoms with Crippen molar-refractivity contribution in [1.29, 1.82) is 0 Å². The van der Waals surface area contributed by atoms with E-state index in [2.05, 4.69) is 28.0 Å². The van der Waals surface area contributed by atoms with Crippen LogP contribution in [0.2, 0.25) is 0 Å². The molecule has 1 fully saturated rings. The summed E-state index contributed by atoms with van der Waals surface area (Å²) in [4.78, 5) is 11.2. The van der Waals surface area contributed by atoms with Gasteiger partial charge in [-0.05, 0) is 20.8 Å². The van der Waals surface area contributed by atoms with Crippen molar-refractivity contribution in [2.24, 2.45) is 0 Å². The molecule has 1 aliphatic heterocycles. The van der Waals surface area contributed by atoms with E-state index in [9.17, 15) is 4.79 Å². The zero-order valence-electron chi connectivity index (χ0n) is 7.43. The van der Waals surface area contributed by atoms with Crippen LogP contribution in [0.3, 0.4) is 0 Å². The highest BCUT2D eigenvalue weighted by atomic mass is 127. The summed E-state index contributed by atoms with van der Waals surface area (Å²) < 4.78 is 5.47. The molecule has 0 radical (unpaired) electrons. The molecule has 1 rings (SSSR count). The Bertz CT molecular complexity index is 184. The molecule has 1 atom stereocenters. The molecular weight excluding hydrogens is 271 g/mol. The lowest BCUT2D eigenvalue weighted by Gasteiger charge is -2.37. The van der Waals surface area contributed by atoms with Crippen LogP contribution in [0.15, 0.2) is 0 Å². The van der Waals surface area contributed by atoms with Gasteiger partial charge >= 0.3 is 6.09 Å². The zero-order chi connectivity index (χ0) is 9.35. The van der Waals surface area contributed by atoms with Crippen LogP contribution in [-0.4, -0.2) is 27.3 Å². The van der Waals surface area contributed by atoms with Crippen LogP contribution in [0, 0.1) is 0 Å². The van der Waals surface area contributed by atoms with Gasteiger partial charge in [-0.1, -0.05) is 22.6 Å². The molecule has 0 aromatic heterocycles. The summed E-state index contributed by atoms with van der Waals surface area (Å²) in [6.45, 7) is 6.28. The van der Waals surface area contributed by atoms with Crippen LogP contribution in [0.4, 0.5) is 4.79 Å². The van der Waals surface area contributed by atoms with Crippen LogP contribution in [0.1, 0.15) is 20.8 Å². The number of carbonyl (C=O) groups is 1. The first-order valence-electron chi connectivity index (χ1n) is 3.79. The molecule has 1 unspecified atom stereocenters. The molecule has 4 nitrogen and oxygen atoms in total. The molecule has 0 spiro atoms. The second-order valence-corrected chi connectivity index (χ2v) is 5.19. The maximum atomic E-state index is 11.2. The lowest BCUT2D eigenvalue weighted by Crippen LogP contribution is -2.62. The van der Waals surface area contributed by atoms with Crippen LogP contribution in [0.25, 0.3) is 0 Å². The van der Waals surface area contributed by atoms with Gasteiger partial charge in [0.05, 0.1) is 10.6 Å². The minimum absolute atomic E-state index is 0.296. The van der Waals surface area contributed by atoms with Crippen LogP contribution >= 0.6 is 22.6 Å². The number of alkyl halides is 1. The third-order valence-corrected chi connectivity index (χ3v) is 1.93. The number of hydrazine groups is 1. The highest BCUT2D eigenvalue weighted by Gasteiger charge is 2.31. The van der Waals surface area contributed by atoms with Crippen LogP contribution < -0.4 is 5.43 Å². The van der Waals surface area contributed by atoms with Crippen molar-refractivity contribution >= 4 is 28.7 Å². The van der Waals surface area contributed by atoms with E-state index >= 15 is 0 Å². The molecule has 1 N–H and O–H groups in total. The summed E-state index contributed by atoms with van der Waals surface area (Å²) in [5.74, 6) is 0. The quantitative estimate of drug-likeness (QED) is 0.416. The van der Waals surface area contributed by atoms with Crippen molar-refractivity contribution in [1.82, 2.24) is 10.4 Å². The Labute approximate surface area is 85.7 Å². The second-order valence-electron chi connectivity index (χ2n) is 3.69. The monoisotopic (exact) mass is 284 g/mol. The maximum absolute atomic E-state index is 11.2. The number of ether oxygens (including phenoxy) is 1. The number of amides is 1. The van der Waals surface area contributed by atoms with Crippen molar-refractivity contribution in [2.45, 2.75) is 30.4 Å². The molecular formula is C7H13IN2O2. The first-order valence-corrected chi connectivity index (χ1v) is 5.04. The molecule has 1 aliphatic rings. The fourth-order valence-electron chi connectivity index (χ4n) is 0.755. The Morgan fingerprint density at radius 1 is 1.67 bits per heavy atom. The molecule has 1 amide bonds. The number of hydrogen-bond donors (Lipinski definition) is 1. The summed E-state index contributed by atoms with van der Waals surface area (Å²) in [6, 6.07) is 0. The highest BCUT2D eigenvalue weighted by molar-refractivity contribution is 14.1. The Balaban J connectivity index is 2.30.